The minimum Gasteiger partial charge on any atom is -0.362 e. The quantitative estimate of drug-likeness (QED) is 0.910. The van der Waals surface area contributed by atoms with Crippen molar-refractivity contribution in [3.63, 3.8) is 0 Å². The Morgan fingerprint density at radius 3 is 2.77 bits per heavy atom. The Bertz CT molecular complexity index is 721. The Balaban J connectivity index is 1.70. The van der Waals surface area contributed by atoms with Crippen molar-refractivity contribution in [2.45, 2.75) is 38.3 Å². The van der Waals surface area contributed by atoms with Gasteiger partial charge in [-0.1, -0.05) is 16.8 Å². The summed E-state index contributed by atoms with van der Waals surface area (Å²) in [5, 5.41) is 8.36. The highest BCUT2D eigenvalue weighted by atomic mass is 35.5. The highest BCUT2D eigenvalue weighted by Gasteiger charge is 2.47. The van der Waals surface area contributed by atoms with Crippen LogP contribution in [0.25, 0.3) is 11.0 Å². The first kappa shape index (κ1) is 14.3. The van der Waals surface area contributed by atoms with E-state index in [1.807, 2.05) is 0 Å². The Morgan fingerprint density at radius 1 is 1.36 bits per heavy atom. The van der Waals surface area contributed by atoms with Gasteiger partial charge >= 0.3 is 0 Å². The fourth-order valence-electron chi connectivity index (χ4n) is 4.08. The summed E-state index contributed by atoms with van der Waals surface area (Å²) in [4.78, 5) is 2.53. The number of hydrogen-bond donors (Lipinski definition) is 1. The number of nitrogens with one attached hydrogen (secondary N) is 1. The van der Waals surface area contributed by atoms with Crippen LogP contribution >= 0.6 is 11.6 Å². The molecule has 6 heteroatoms. The molecule has 1 aromatic carbocycles. The molecule has 1 atom stereocenters. The molecule has 1 aromatic heterocycles. The molecule has 0 amide bonds. The van der Waals surface area contributed by atoms with Crippen molar-refractivity contribution in [1.82, 2.24) is 10.1 Å². The van der Waals surface area contributed by atoms with Gasteiger partial charge in [-0.25, -0.2) is 4.39 Å². The molecule has 3 aliphatic rings. The van der Waals surface area contributed by atoms with Gasteiger partial charge in [-0.05, 0) is 57.8 Å². The largest absolute Gasteiger partial charge is 0.362 e. The molecule has 3 fully saturated rings. The van der Waals surface area contributed by atoms with E-state index in [0.717, 1.165) is 18.5 Å². The van der Waals surface area contributed by atoms with Crippen LogP contribution in [0.5, 0.6) is 0 Å². The van der Waals surface area contributed by atoms with Gasteiger partial charge in [-0.15, -0.1) is 0 Å². The van der Waals surface area contributed by atoms with E-state index < -0.39 is 5.82 Å². The number of nitrogens with zero attached hydrogens (tertiary/aromatic N) is 2. The predicted octanol–water partition coefficient (Wildman–Crippen LogP) is 3.91. The van der Waals surface area contributed by atoms with E-state index in [1.54, 1.807) is 6.07 Å². The monoisotopic (exact) mass is 323 g/mol. The van der Waals surface area contributed by atoms with Crippen LogP contribution in [0.3, 0.4) is 0 Å². The maximum Gasteiger partial charge on any atom is 0.190 e. The van der Waals surface area contributed by atoms with Gasteiger partial charge in [0.05, 0.1) is 5.39 Å². The molecule has 3 saturated heterocycles. The average molecular weight is 324 g/mol. The number of halogens is 2. The number of aromatic nitrogens is 1. The molecule has 118 valence electrons. The van der Waals surface area contributed by atoms with E-state index in [9.17, 15) is 4.39 Å². The van der Waals surface area contributed by atoms with Crippen molar-refractivity contribution in [2.24, 2.45) is 5.92 Å². The van der Waals surface area contributed by atoms with Gasteiger partial charge in [0.15, 0.2) is 11.4 Å². The van der Waals surface area contributed by atoms with E-state index >= 15 is 0 Å². The fraction of sp³-hybridized carbons (Fsp3) is 0.562. The predicted molar refractivity (Wildman–Crippen MR) is 84.8 cm³/mol. The van der Waals surface area contributed by atoms with E-state index in [2.05, 4.69) is 29.2 Å². The minimum atomic E-state index is -0.486. The van der Waals surface area contributed by atoms with E-state index in [-0.39, 0.29) is 10.6 Å². The van der Waals surface area contributed by atoms with E-state index in [4.69, 9.17) is 16.1 Å². The molecule has 0 aliphatic carbocycles. The molecule has 0 radical (unpaired) electrons. The van der Waals surface area contributed by atoms with Gasteiger partial charge in [0.2, 0.25) is 0 Å². The number of anilines is 1. The summed E-state index contributed by atoms with van der Waals surface area (Å²) in [5.74, 6) is 0.798. The second-order valence-corrected chi connectivity index (χ2v) is 7.25. The molecule has 2 bridgehead atoms. The van der Waals surface area contributed by atoms with Crippen molar-refractivity contribution in [1.29, 1.82) is 0 Å². The zero-order valence-electron chi connectivity index (χ0n) is 12.7. The number of piperidine rings is 3. The molecule has 0 saturated carbocycles. The number of fused-ring (bicyclic) bond motifs is 4. The van der Waals surface area contributed by atoms with Gasteiger partial charge in [0.1, 0.15) is 10.8 Å². The third-order valence-electron chi connectivity index (χ3n) is 5.41. The summed E-state index contributed by atoms with van der Waals surface area (Å²) in [6, 6.07) is 3.32. The van der Waals surface area contributed by atoms with Gasteiger partial charge in [-0.3, -0.25) is 4.90 Å². The Labute approximate surface area is 133 Å². The van der Waals surface area contributed by atoms with Crippen LogP contribution in [0.4, 0.5) is 10.2 Å². The lowest BCUT2D eigenvalue weighted by Crippen LogP contribution is -2.66. The standard InChI is InChI=1S/C16H19ClFN3O/c1-16(2)14(9-5-7-21(16)8-6-9)19-15-10-3-4-11(18)12(17)13(10)22-20-15/h3-4,9,14H,5-8H2,1-2H3,(H,19,20)/t14-/m1/s1. The van der Waals surface area contributed by atoms with E-state index in [0.29, 0.717) is 23.4 Å². The van der Waals surface area contributed by atoms with Crippen LogP contribution in [0, 0.1) is 11.7 Å². The topological polar surface area (TPSA) is 41.3 Å². The van der Waals surface area contributed by atoms with Crippen molar-refractivity contribution in [3.05, 3.63) is 23.0 Å². The van der Waals surface area contributed by atoms with Crippen molar-refractivity contribution < 1.29 is 8.91 Å². The van der Waals surface area contributed by atoms with Gasteiger partial charge in [-0.2, -0.15) is 0 Å². The number of rotatable bonds is 2. The van der Waals surface area contributed by atoms with Crippen LogP contribution in [-0.4, -0.2) is 34.7 Å². The third kappa shape index (κ3) is 1.95. The molecule has 4 nitrogen and oxygen atoms in total. The highest BCUT2D eigenvalue weighted by molar-refractivity contribution is 6.35. The second-order valence-electron chi connectivity index (χ2n) is 6.87. The smallest absolute Gasteiger partial charge is 0.190 e. The van der Waals surface area contributed by atoms with Crippen LogP contribution in [0.15, 0.2) is 16.7 Å². The first-order valence-corrected chi connectivity index (χ1v) is 8.11. The SMILES string of the molecule is CC1(C)[C@H](Nc2noc3c(Cl)c(F)ccc23)C2CCN1CC2. The first-order valence-electron chi connectivity index (χ1n) is 7.73. The molecular formula is C16H19ClFN3O. The second kappa shape index (κ2) is 4.83. The molecule has 4 heterocycles. The maximum absolute atomic E-state index is 13.5. The lowest BCUT2D eigenvalue weighted by Gasteiger charge is -2.56. The number of benzene rings is 1. The lowest BCUT2D eigenvalue weighted by molar-refractivity contribution is -0.0189. The van der Waals surface area contributed by atoms with Crippen LogP contribution in [0.1, 0.15) is 26.7 Å². The Hall–Kier alpha value is -1.33. The maximum atomic E-state index is 13.5. The molecule has 3 aliphatic heterocycles. The molecule has 0 spiro atoms. The van der Waals surface area contributed by atoms with Gasteiger partial charge in [0, 0.05) is 11.6 Å². The summed E-state index contributed by atoms with van der Waals surface area (Å²) in [6.45, 7) is 6.86. The summed E-state index contributed by atoms with van der Waals surface area (Å²) < 4.78 is 18.8. The minimum absolute atomic E-state index is 0.00812. The Kier molecular flexibility index (Phi) is 3.13. The summed E-state index contributed by atoms with van der Waals surface area (Å²) in [7, 11) is 0. The summed E-state index contributed by atoms with van der Waals surface area (Å²) in [6.07, 6.45) is 2.40. The zero-order valence-corrected chi connectivity index (χ0v) is 13.5. The molecule has 0 unspecified atom stereocenters. The number of hydrogen-bond acceptors (Lipinski definition) is 4. The van der Waals surface area contributed by atoms with Crippen LogP contribution in [-0.2, 0) is 0 Å². The summed E-state index contributed by atoms with van der Waals surface area (Å²) >= 11 is 5.96. The molecule has 2 aromatic rings. The Morgan fingerprint density at radius 2 is 2.09 bits per heavy atom. The van der Waals surface area contributed by atoms with Crippen LogP contribution in [0.2, 0.25) is 5.02 Å². The van der Waals surface area contributed by atoms with E-state index in [1.165, 1.54) is 18.9 Å². The molecule has 5 rings (SSSR count). The van der Waals surface area contributed by atoms with Crippen molar-refractivity contribution in [3.8, 4) is 0 Å². The third-order valence-corrected chi connectivity index (χ3v) is 5.76. The van der Waals surface area contributed by atoms with Crippen molar-refractivity contribution in [2.75, 3.05) is 18.4 Å². The van der Waals surface area contributed by atoms with Crippen LogP contribution < -0.4 is 5.32 Å². The highest BCUT2D eigenvalue weighted by Crippen LogP contribution is 2.41. The molecular weight excluding hydrogens is 305 g/mol. The summed E-state index contributed by atoms with van der Waals surface area (Å²) in [5.41, 5.74) is 0.374. The fourth-order valence-corrected chi connectivity index (χ4v) is 4.28. The molecule has 22 heavy (non-hydrogen) atoms. The lowest BCUT2D eigenvalue weighted by atomic mass is 9.72. The van der Waals surface area contributed by atoms with Crippen molar-refractivity contribution >= 4 is 28.4 Å². The average Bonchev–Trinajstić information content (AvgIpc) is 2.91. The first-order chi connectivity index (χ1) is 10.5. The zero-order chi connectivity index (χ0) is 15.5. The normalized spacial score (nSPS) is 29.9. The molecule has 1 N–H and O–H groups in total. The van der Waals surface area contributed by atoms with Gasteiger partial charge < -0.3 is 9.84 Å². The van der Waals surface area contributed by atoms with Gasteiger partial charge in [0.25, 0.3) is 0 Å².